The molecule has 158 valence electrons. The summed E-state index contributed by atoms with van der Waals surface area (Å²) in [5.41, 5.74) is 0.0107. The number of halogens is 6. The first-order chi connectivity index (χ1) is 13.5. The maximum absolute atomic E-state index is 13.5. The van der Waals surface area contributed by atoms with Crippen LogP contribution in [0.15, 0.2) is 10.1 Å². The van der Waals surface area contributed by atoms with Crippen molar-refractivity contribution in [1.82, 2.24) is 4.90 Å². The molecule has 6 aliphatic carbocycles. The van der Waals surface area contributed by atoms with Crippen molar-refractivity contribution in [3.63, 3.8) is 0 Å². The molecule has 0 radical (unpaired) electrons. The van der Waals surface area contributed by atoms with Crippen molar-refractivity contribution in [1.29, 1.82) is 0 Å². The van der Waals surface area contributed by atoms with Crippen LogP contribution >= 0.6 is 69.6 Å². The lowest BCUT2D eigenvalue weighted by atomic mass is 9.49. The number of allylic oxidation sites excluding steroid dienone is 2. The van der Waals surface area contributed by atoms with Crippen LogP contribution in [-0.4, -0.2) is 37.3 Å². The Bertz CT molecular complexity index is 820. The third-order valence-corrected chi connectivity index (χ3v) is 12.9. The summed E-state index contributed by atoms with van der Waals surface area (Å²) in [5, 5.41) is -0.0558. The summed E-state index contributed by atoms with van der Waals surface area (Å²) in [6.07, 6.45) is 7.11. The molecule has 0 aromatic carbocycles. The largest absolute Gasteiger partial charge is 0.281 e. The maximum atomic E-state index is 13.5. The van der Waals surface area contributed by atoms with E-state index in [1.807, 2.05) is 0 Å². The zero-order valence-corrected chi connectivity index (χ0v) is 19.9. The molecular formula is C20H19Cl6NO2. The molecule has 1 aliphatic heterocycles. The Morgan fingerprint density at radius 3 is 1.52 bits per heavy atom. The summed E-state index contributed by atoms with van der Waals surface area (Å²) in [5.74, 6) is -0.615. The van der Waals surface area contributed by atoms with Gasteiger partial charge in [-0.3, -0.25) is 14.5 Å². The Labute approximate surface area is 199 Å². The average molecular weight is 518 g/mol. The molecule has 4 atom stereocenters. The predicted octanol–water partition coefficient (Wildman–Crippen LogP) is 5.65. The minimum absolute atomic E-state index is 0.0107. The number of carbonyl (C=O) groups is 2. The first kappa shape index (κ1) is 20.2. The lowest BCUT2D eigenvalue weighted by Crippen LogP contribution is -2.55. The third kappa shape index (κ3) is 2.09. The summed E-state index contributed by atoms with van der Waals surface area (Å²) < 4.78 is -1.86. The van der Waals surface area contributed by atoms with E-state index in [1.165, 1.54) is 24.2 Å². The second kappa shape index (κ2) is 5.75. The van der Waals surface area contributed by atoms with Crippen LogP contribution in [0.25, 0.3) is 0 Å². The second-order valence-electron chi connectivity index (χ2n) is 10.3. The Morgan fingerprint density at radius 2 is 1.14 bits per heavy atom. The van der Waals surface area contributed by atoms with E-state index in [9.17, 15) is 9.59 Å². The smallest absolute Gasteiger partial charge is 0.235 e. The van der Waals surface area contributed by atoms with Crippen LogP contribution in [0, 0.1) is 35.0 Å². The Hall–Kier alpha value is 0.620. The molecule has 2 amide bonds. The molecule has 5 saturated carbocycles. The van der Waals surface area contributed by atoms with E-state index >= 15 is 0 Å². The van der Waals surface area contributed by atoms with Gasteiger partial charge in [-0.25, -0.2) is 0 Å². The molecule has 7 rings (SSSR count). The second-order valence-corrected chi connectivity index (χ2v) is 13.5. The van der Waals surface area contributed by atoms with E-state index in [0.717, 1.165) is 19.3 Å². The molecule has 6 bridgehead atoms. The standard InChI is InChI=1S/C20H19Cl6NO2/c21-13-14(22)19(24)12-11(18(13,23)20(19,25)26)15(28)27(16(12)29)7-17-4-8-1-9(5-17)3-10(2-8)6-17/h8-12H,1-7H2/t8?,9?,10?,11-,12+,17?,18-,19-/m0/s1. The van der Waals surface area contributed by atoms with Crippen LogP contribution in [0.5, 0.6) is 0 Å². The third-order valence-electron chi connectivity index (χ3n) is 8.66. The van der Waals surface area contributed by atoms with Crippen LogP contribution in [0.3, 0.4) is 0 Å². The molecule has 0 spiro atoms. The summed E-state index contributed by atoms with van der Waals surface area (Å²) in [6.45, 7) is 0.425. The number of likely N-dealkylation sites (tertiary alicyclic amines) is 1. The molecule has 0 N–H and O–H groups in total. The first-order valence-electron chi connectivity index (χ1n) is 10.1. The van der Waals surface area contributed by atoms with E-state index in [0.29, 0.717) is 24.3 Å². The number of rotatable bonds is 2. The van der Waals surface area contributed by atoms with Crippen molar-refractivity contribution in [2.45, 2.75) is 52.6 Å². The molecule has 1 saturated heterocycles. The zero-order valence-electron chi connectivity index (χ0n) is 15.4. The van der Waals surface area contributed by atoms with E-state index in [2.05, 4.69) is 0 Å². The summed E-state index contributed by atoms with van der Waals surface area (Å²) in [6, 6.07) is 0. The average Bonchev–Trinajstić information content (AvgIpc) is 2.99. The van der Waals surface area contributed by atoms with E-state index in [4.69, 9.17) is 69.6 Å². The number of fused-ring (bicyclic) bond motifs is 5. The number of hydrogen-bond acceptors (Lipinski definition) is 2. The van der Waals surface area contributed by atoms with Gasteiger partial charge in [0.15, 0.2) is 4.33 Å². The highest BCUT2D eigenvalue weighted by Crippen LogP contribution is 2.77. The lowest BCUT2D eigenvalue weighted by molar-refractivity contribution is -0.147. The normalized spacial score (nSPS) is 54.1. The van der Waals surface area contributed by atoms with Crippen molar-refractivity contribution in [3.8, 4) is 0 Å². The van der Waals surface area contributed by atoms with E-state index in [1.54, 1.807) is 0 Å². The van der Waals surface area contributed by atoms with E-state index in [-0.39, 0.29) is 27.3 Å². The van der Waals surface area contributed by atoms with Crippen LogP contribution in [0.2, 0.25) is 0 Å². The van der Waals surface area contributed by atoms with Crippen LogP contribution < -0.4 is 0 Å². The Balaban J connectivity index is 1.38. The molecule has 29 heavy (non-hydrogen) atoms. The molecule has 0 aromatic heterocycles. The molecule has 0 unspecified atom stereocenters. The number of hydrogen-bond donors (Lipinski definition) is 0. The van der Waals surface area contributed by atoms with Crippen molar-refractivity contribution < 1.29 is 9.59 Å². The highest BCUT2D eigenvalue weighted by Gasteiger charge is 2.87. The van der Waals surface area contributed by atoms with Crippen molar-refractivity contribution in [2.75, 3.05) is 6.54 Å². The molecular weight excluding hydrogens is 499 g/mol. The Morgan fingerprint density at radius 1 is 0.759 bits per heavy atom. The fraction of sp³-hybridized carbons (Fsp3) is 0.800. The number of imide groups is 1. The molecule has 3 nitrogen and oxygen atoms in total. The van der Waals surface area contributed by atoms with Crippen molar-refractivity contribution >= 4 is 81.4 Å². The SMILES string of the molecule is O=C1[C@@H]2[C@H](C(=O)N1CC13CC4CC(CC(C4)C1)C3)[C@]1(Cl)C(Cl)=C(Cl)[C@]2(Cl)C1(Cl)Cl. The van der Waals surface area contributed by atoms with Crippen LogP contribution in [-0.2, 0) is 9.59 Å². The fourth-order valence-corrected chi connectivity index (χ4v) is 11.0. The number of carbonyl (C=O) groups excluding carboxylic acids is 2. The monoisotopic (exact) mass is 515 g/mol. The summed E-state index contributed by atoms with van der Waals surface area (Å²) in [4.78, 5) is 25.0. The number of nitrogens with zero attached hydrogens (tertiary/aromatic N) is 1. The van der Waals surface area contributed by atoms with Gasteiger partial charge in [0.2, 0.25) is 11.8 Å². The number of alkyl halides is 4. The zero-order chi connectivity index (χ0) is 20.7. The van der Waals surface area contributed by atoms with Gasteiger partial charge in [-0.15, -0.1) is 23.2 Å². The van der Waals surface area contributed by atoms with Crippen LogP contribution in [0.4, 0.5) is 0 Å². The lowest BCUT2D eigenvalue weighted by Gasteiger charge is -2.57. The number of amides is 2. The van der Waals surface area contributed by atoms with Gasteiger partial charge in [0.25, 0.3) is 0 Å². The van der Waals surface area contributed by atoms with E-state index < -0.39 is 25.9 Å². The highest BCUT2D eigenvalue weighted by atomic mass is 35.5. The molecule has 0 aromatic rings. The summed E-state index contributed by atoms with van der Waals surface area (Å²) in [7, 11) is 0. The Kier molecular flexibility index (Phi) is 4.01. The van der Waals surface area contributed by atoms with Gasteiger partial charge in [0, 0.05) is 6.54 Å². The maximum Gasteiger partial charge on any atom is 0.235 e. The van der Waals surface area contributed by atoms with Gasteiger partial charge >= 0.3 is 0 Å². The highest BCUT2D eigenvalue weighted by molar-refractivity contribution is 6.66. The summed E-state index contributed by atoms with van der Waals surface area (Å²) >= 11 is 39.5. The van der Waals surface area contributed by atoms with Gasteiger partial charge in [0.05, 0.1) is 21.9 Å². The topological polar surface area (TPSA) is 37.4 Å². The van der Waals surface area contributed by atoms with Crippen LogP contribution in [0.1, 0.15) is 38.5 Å². The quantitative estimate of drug-likeness (QED) is 0.350. The first-order valence-corrected chi connectivity index (χ1v) is 12.4. The predicted molar refractivity (Wildman–Crippen MR) is 115 cm³/mol. The van der Waals surface area contributed by atoms with Crippen molar-refractivity contribution in [3.05, 3.63) is 10.1 Å². The van der Waals surface area contributed by atoms with Gasteiger partial charge in [-0.1, -0.05) is 46.4 Å². The molecule has 9 heteroatoms. The molecule has 7 aliphatic rings. The van der Waals surface area contributed by atoms with Crippen molar-refractivity contribution in [2.24, 2.45) is 35.0 Å². The minimum atomic E-state index is -1.86. The molecule has 1 heterocycles. The van der Waals surface area contributed by atoms with Gasteiger partial charge in [-0.05, 0) is 61.7 Å². The fourth-order valence-electron chi connectivity index (χ4n) is 8.03. The minimum Gasteiger partial charge on any atom is -0.281 e. The molecule has 6 fully saturated rings. The van der Waals surface area contributed by atoms with Gasteiger partial charge in [-0.2, -0.15) is 0 Å². The van der Waals surface area contributed by atoms with Gasteiger partial charge < -0.3 is 0 Å². The van der Waals surface area contributed by atoms with Gasteiger partial charge in [0.1, 0.15) is 9.75 Å².